The number of hydrogen-bond donors (Lipinski definition) is 0. The van der Waals surface area contributed by atoms with E-state index < -0.39 is 0 Å². The maximum atomic E-state index is 5.69. The second kappa shape index (κ2) is 4.37. The van der Waals surface area contributed by atoms with Crippen molar-refractivity contribution in [1.29, 1.82) is 0 Å². The Morgan fingerprint density at radius 2 is 2.14 bits per heavy atom. The minimum Gasteiger partial charge on any atom is -0.460 e. The Hall–Kier alpha value is -0.470. The molecule has 1 nitrogen and oxygen atoms in total. The normalized spacial score (nSPS) is 11.0. The Morgan fingerprint density at radius 3 is 2.86 bits per heavy atom. The number of furan rings is 1. The van der Waals surface area contributed by atoms with Crippen molar-refractivity contribution in [1.82, 2.24) is 0 Å². The lowest BCUT2D eigenvalue weighted by molar-refractivity contribution is 0.575. The van der Waals surface area contributed by atoms with Crippen LogP contribution < -0.4 is 0 Å². The van der Waals surface area contributed by atoms with Gasteiger partial charge in [0.1, 0.15) is 11.3 Å². The Kier molecular flexibility index (Phi) is 3.14. The molecule has 0 unspecified atom stereocenters. The summed E-state index contributed by atoms with van der Waals surface area (Å²) in [5.41, 5.74) is 2.20. The third-order valence-electron chi connectivity index (χ3n) is 2.15. The van der Waals surface area contributed by atoms with Crippen LogP contribution in [0.2, 0.25) is 0 Å². The Morgan fingerprint density at radius 1 is 1.29 bits per heavy atom. The Labute approximate surface area is 96.2 Å². The quantitative estimate of drug-likeness (QED) is 0.767. The van der Waals surface area contributed by atoms with Gasteiger partial charge in [0.05, 0.1) is 5.33 Å². The molecule has 0 atom stereocenters. The molecule has 0 saturated carbocycles. The van der Waals surface area contributed by atoms with Crippen LogP contribution in [0.25, 0.3) is 11.0 Å². The standard InChI is InChI=1S/C11H10BrClO/c12-7-10-6-9-5-8(3-4-13)1-2-11(9)14-10/h1-2,5-6H,3-4,7H2. The first-order valence-electron chi connectivity index (χ1n) is 4.47. The average molecular weight is 274 g/mol. The summed E-state index contributed by atoms with van der Waals surface area (Å²) in [7, 11) is 0. The third kappa shape index (κ3) is 1.96. The minimum absolute atomic E-state index is 0.661. The lowest BCUT2D eigenvalue weighted by atomic mass is 10.1. The lowest BCUT2D eigenvalue weighted by Gasteiger charge is -1.95. The summed E-state index contributed by atoms with van der Waals surface area (Å²) in [4.78, 5) is 0. The fraction of sp³-hybridized carbons (Fsp3) is 0.273. The molecule has 0 radical (unpaired) electrons. The topological polar surface area (TPSA) is 13.1 Å². The molecule has 14 heavy (non-hydrogen) atoms. The fourth-order valence-electron chi connectivity index (χ4n) is 1.48. The maximum Gasteiger partial charge on any atom is 0.134 e. The molecular formula is C11H10BrClO. The molecule has 1 heterocycles. The van der Waals surface area contributed by atoms with Gasteiger partial charge in [-0.3, -0.25) is 0 Å². The van der Waals surface area contributed by atoms with Gasteiger partial charge in [-0.05, 0) is 30.2 Å². The second-order valence-electron chi connectivity index (χ2n) is 3.16. The fourth-order valence-corrected chi connectivity index (χ4v) is 1.97. The second-order valence-corrected chi connectivity index (χ2v) is 4.10. The van der Waals surface area contributed by atoms with E-state index in [0.29, 0.717) is 5.88 Å². The maximum absolute atomic E-state index is 5.69. The third-order valence-corrected chi connectivity index (χ3v) is 2.89. The van der Waals surface area contributed by atoms with Crippen LogP contribution in [0.15, 0.2) is 28.7 Å². The Balaban J connectivity index is 2.43. The number of hydrogen-bond acceptors (Lipinski definition) is 1. The van der Waals surface area contributed by atoms with Gasteiger partial charge >= 0.3 is 0 Å². The smallest absolute Gasteiger partial charge is 0.134 e. The number of fused-ring (bicyclic) bond motifs is 1. The summed E-state index contributed by atoms with van der Waals surface area (Å²) in [6.45, 7) is 0. The molecule has 0 aliphatic heterocycles. The van der Waals surface area contributed by atoms with Crippen LogP contribution in [0, 0.1) is 0 Å². The summed E-state index contributed by atoms with van der Waals surface area (Å²) in [6.07, 6.45) is 0.909. The van der Waals surface area contributed by atoms with Crippen molar-refractivity contribution in [2.45, 2.75) is 11.8 Å². The summed E-state index contributed by atoms with van der Waals surface area (Å²) in [6, 6.07) is 8.25. The van der Waals surface area contributed by atoms with Crippen LogP contribution >= 0.6 is 27.5 Å². The molecule has 74 valence electrons. The zero-order valence-electron chi connectivity index (χ0n) is 7.59. The first-order chi connectivity index (χ1) is 6.83. The summed E-state index contributed by atoms with van der Waals surface area (Å²) >= 11 is 9.06. The molecule has 0 saturated heterocycles. The van der Waals surface area contributed by atoms with E-state index in [-0.39, 0.29) is 0 Å². The molecule has 2 rings (SSSR count). The molecule has 1 aromatic heterocycles. The number of alkyl halides is 2. The van der Waals surface area contributed by atoms with E-state index in [1.54, 1.807) is 0 Å². The predicted molar refractivity (Wildman–Crippen MR) is 63.3 cm³/mol. The highest BCUT2D eigenvalue weighted by Gasteiger charge is 2.02. The molecule has 0 spiro atoms. The molecule has 0 amide bonds. The van der Waals surface area contributed by atoms with Gasteiger partial charge in [0.15, 0.2) is 0 Å². The summed E-state index contributed by atoms with van der Waals surface area (Å²) in [5.74, 6) is 1.62. The van der Waals surface area contributed by atoms with Crippen LogP contribution in [-0.2, 0) is 11.8 Å². The zero-order valence-corrected chi connectivity index (χ0v) is 9.94. The van der Waals surface area contributed by atoms with Crippen molar-refractivity contribution in [2.24, 2.45) is 0 Å². The van der Waals surface area contributed by atoms with Gasteiger partial charge < -0.3 is 4.42 Å². The van der Waals surface area contributed by atoms with E-state index in [2.05, 4.69) is 34.1 Å². The molecule has 1 aromatic carbocycles. The summed E-state index contributed by atoms with van der Waals surface area (Å²) < 4.78 is 5.57. The van der Waals surface area contributed by atoms with Gasteiger partial charge in [-0.25, -0.2) is 0 Å². The molecule has 0 aliphatic rings. The molecule has 3 heteroatoms. The van der Waals surface area contributed by atoms with Crippen molar-refractivity contribution in [2.75, 3.05) is 5.88 Å². The van der Waals surface area contributed by atoms with Gasteiger partial charge in [-0.15, -0.1) is 11.6 Å². The van der Waals surface area contributed by atoms with Crippen LogP contribution in [0.5, 0.6) is 0 Å². The summed E-state index contributed by atoms with van der Waals surface area (Å²) in [5, 5.41) is 1.91. The van der Waals surface area contributed by atoms with Crippen LogP contribution in [0.3, 0.4) is 0 Å². The van der Waals surface area contributed by atoms with Gasteiger partial charge in [-0.1, -0.05) is 22.0 Å². The van der Waals surface area contributed by atoms with Crippen LogP contribution in [-0.4, -0.2) is 5.88 Å². The first kappa shape index (κ1) is 10.1. The number of benzene rings is 1. The van der Waals surface area contributed by atoms with Crippen LogP contribution in [0.4, 0.5) is 0 Å². The van der Waals surface area contributed by atoms with Gasteiger partial charge in [0.2, 0.25) is 0 Å². The molecule has 0 aliphatic carbocycles. The average Bonchev–Trinajstić information content (AvgIpc) is 2.60. The van der Waals surface area contributed by atoms with Gasteiger partial charge in [0, 0.05) is 11.3 Å². The van der Waals surface area contributed by atoms with Crippen molar-refractivity contribution in [3.63, 3.8) is 0 Å². The largest absolute Gasteiger partial charge is 0.460 e. The van der Waals surface area contributed by atoms with Gasteiger partial charge in [-0.2, -0.15) is 0 Å². The Bertz CT molecular complexity index is 436. The molecule has 0 fully saturated rings. The van der Waals surface area contributed by atoms with Crippen molar-refractivity contribution in [3.8, 4) is 0 Å². The first-order valence-corrected chi connectivity index (χ1v) is 6.12. The highest BCUT2D eigenvalue weighted by atomic mass is 79.9. The molecular weight excluding hydrogens is 263 g/mol. The van der Waals surface area contributed by atoms with E-state index >= 15 is 0 Å². The van der Waals surface area contributed by atoms with E-state index in [9.17, 15) is 0 Å². The van der Waals surface area contributed by atoms with Crippen LogP contribution in [0.1, 0.15) is 11.3 Å². The molecule has 0 bridgehead atoms. The van der Waals surface area contributed by atoms with E-state index in [4.69, 9.17) is 16.0 Å². The molecule has 2 aromatic rings. The van der Waals surface area contributed by atoms with E-state index in [1.165, 1.54) is 5.56 Å². The highest BCUT2D eigenvalue weighted by Crippen LogP contribution is 2.22. The number of halogens is 2. The monoisotopic (exact) mass is 272 g/mol. The van der Waals surface area contributed by atoms with E-state index in [1.807, 2.05) is 6.07 Å². The molecule has 0 N–H and O–H groups in total. The van der Waals surface area contributed by atoms with Gasteiger partial charge in [0.25, 0.3) is 0 Å². The predicted octanol–water partition coefficient (Wildman–Crippen LogP) is 4.11. The lowest BCUT2D eigenvalue weighted by Crippen LogP contribution is -1.83. The highest BCUT2D eigenvalue weighted by molar-refractivity contribution is 9.08. The van der Waals surface area contributed by atoms with Crippen molar-refractivity contribution < 1.29 is 4.42 Å². The number of aryl methyl sites for hydroxylation is 1. The van der Waals surface area contributed by atoms with Crippen molar-refractivity contribution >= 4 is 38.5 Å². The van der Waals surface area contributed by atoms with E-state index in [0.717, 1.165) is 28.5 Å². The zero-order chi connectivity index (χ0) is 9.97. The minimum atomic E-state index is 0.661. The van der Waals surface area contributed by atoms with Crippen molar-refractivity contribution in [3.05, 3.63) is 35.6 Å². The number of rotatable bonds is 3. The SMILES string of the molecule is ClCCc1ccc2oc(CBr)cc2c1.